The molecule has 0 bridgehead atoms. The number of hydrogen-bond acceptors (Lipinski definition) is 1. The molecule has 1 rings (SSSR count). The molecular formula is C12H24O. The topological polar surface area (TPSA) is 20.2 Å². The van der Waals surface area contributed by atoms with Gasteiger partial charge >= 0.3 is 0 Å². The molecule has 1 heteroatoms. The Hall–Kier alpha value is -0.0400. The van der Waals surface area contributed by atoms with Gasteiger partial charge in [0.2, 0.25) is 0 Å². The van der Waals surface area contributed by atoms with Crippen LogP contribution in [0.5, 0.6) is 0 Å². The molecular weight excluding hydrogens is 160 g/mol. The van der Waals surface area contributed by atoms with E-state index < -0.39 is 0 Å². The first-order valence-corrected chi connectivity index (χ1v) is 5.76. The van der Waals surface area contributed by atoms with E-state index in [0.29, 0.717) is 11.3 Å². The lowest BCUT2D eigenvalue weighted by Gasteiger charge is -2.31. The van der Waals surface area contributed by atoms with E-state index in [1.807, 2.05) is 0 Å². The molecule has 1 N–H and O–H groups in total. The zero-order chi connectivity index (χ0) is 9.90. The molecule has 13 heavy (non-hydrogen) atoms. The summed E-state index contributed by atoms with van der Waals surface area (Å²) in [6.07, 6.45) is 7.17. The van der Waals surface area contributed by atoms with E-state index in [2.05, 4.69) is 20.8 Å². The molecule has 0 aliphatic heterocycles. The Kier molecular flexibility index (Phi) is 3.78. The number of aliphatic hydroxyl groups is 1. The second kappa shape index (κ2) is 4.45. The normalized spacial score (nSPS) is 29.1. The lowest BCUT2D eigenvalue weighted by Crippen LogP contribution is -2.29. The van der Waals surface area contributed by atoms with E-state index in [1.165, 1.54) is 32.1 Å². The van der Waals surface area contributed by atoms with E-state index in [4.69, 9.17) is 0 Å². The molecule has 1 fully saturated rings. The largest absolute Gasteiger partial charge is 0.393 e. The van der Waals surface area contributed by atoms with E-state index in [-0.39, 0.29) is 6.10 Å². The molecule has 0 radical (unpaired) electrons. The lowest BCUT2D eigenvalue weighted by atomic mass is 9.77. The van der Waals surface area contributed by atoms with Crippen LogP contribution in [0.15, 0.2) is 0 Å². The van der Waals surface area contributed by atoms with Gasteiger partial charge in [-0.05, 0) is 30.6 Å². The van der Waals surface area contributed by atoms with Crippen molar-refractivity contribution in [3.05, 3.63) is 0 Å². The third-order valence-corrected chi connectivity index (χ3v) is 3.66. The zero-order valence-corrected chi connectivity index (χ0v) is 9.34. The van der Waals surface area contributed by atoms with Crippen LogP contribution in [0.25, 0.3) is 0 Å². The first-order valence-electron chi connectivity index (χ1n) is 5.76. The number of hydrogen-bond donors (Lipinski definition) is 1. The molecule has 0 aromatic heterocycles. The highest BCUT2D eigenvalue weighted by atomic mass is 16.3. The minimum atomic E-state index is -0.0440. The maximum absolute atomic E-state index is 10.0. The van der Waals surface area contributed by atoms with Gasteiger partial charge in [-0.2, -0.15) is 0 Å². The van der Waals surface area contributed by atoms with Gasteiger partial charge in [-0.15, -0.1) is 0 Å². The molecule has 78 valence electrons. The summed E-state index contributed by atoms with van der Waals surface area (Å²) in [4.78, 5) is 0. The summed E-state index contributed by atoms with van der Waals surface area (Å²) in [7, 11) is 0. The minimum absolute atomic E-state index is 0.0440. The van der Waals surface area contributed by atoms with Crippen molar-refractivity contribution in [3.63, 3.8) is 0 Å². The smallest absolute Gasteiger partial charge is 0.0573 e. The molecule has 0 aromatic carbocycles. The number of unbranched alkanes of at least 4 members (excludes halogenated alkanes) is 1. The first-order chi connectivity index (χ1) is 6.08. The molecule has 1 aliphatic carbocycles. The Balaban J connectivity index is 2.41. The van der Waals surface area contributed by atoms with Gasteiger partial charge < -0.3 is 5.11 Å². The van der Waals surface area contributed by atoms with Crippen molar-refractivity contribution in [1.29, 1.82) is 0 Å². The minimum Gasteiger partial charge on any atom is -0.393 e. The molecule has 0 amide bonds. The van der Waals surface area contributed by atoms with Crippen LogP contribution < -0.4 is 0 Å². The quantitative estimate of drug-likeness (QED) is 0.710. The zero-order valence-electron chi connectivity index (χ0n) is 9.34. The second-order valence-electron chi connectivity index (χ2n) is 5.20. The molecule has 2 unspecified atom stereocenters. The van der Waals surface area contributed by atoms with Crippen LogP contribution >= 0.6 is 0 Å². The molecule has 0 heterocycles. The molecule has 0 spiro atoms. The predicted octanol–water partition coefficient (Wildman–Crippen LogP) is 3.36. The highest BCUT2D eigenvalue weighted by Crippen LogP contribution is 2.45. The fraction of sp³-hybridized carbons (Fsp3) is 1.00. The Labute approximate surface area is 82.5 Å². The highest BCUT2D eigenvalue weighted by Gasteiger charge is 2.38. The molecule has 2 atom stereocenters. The van der Waals surface area contributed by atoms with Crippen LogP contribution in [-0.4, -0.2) is 11.2 Å². The van der Waals surface area contributed by atoms with Crippen molar-refractivity contribution in [2.45, 2.75) is 65.4 Å². The van der Waals surface area contributed by atoms with Crippen molar-refractivity contribution in [2.24, 2.45) is 11.3 Å². The van der Waals surface area contributed by atoms with Crippen LogP contribution in [0.4, 0.5) is 0 Å². The van der Waals surface area contributed by atoms with Crippen LogP contribution in [-0.2, 0) is 0 Å². The number of aliphatic hydroxyl groups excluding tert-OH is 1. The van der Waals surface area contributed by atoms with Crippen LogP contribution in [0.1, 0.15) is 59.3 Å². The summed E-state index contributed by atoms with van der Waals surface area (Å²) in [6.45, 7) is 6.80. The first kappa shape index (κ1) is 11.0. The Morgan fingerprint density at radius 1 is 1.46 bits per heavy atom. The fourth-order valence-corrected chi connectivity index (χ4v) is 2.68. The van der Waals surface area contributed by atoms with Crippen molar-refractivity contribution in [1.82, 2.24) is 0 Å². The van der Waals surface area contributed by atoms with E-state index in [1.54, 1.807) is 0 Å². The van der Waals surface area contributed by atoms with Gasteiger partial charge in [0.15, 0.2) is 0 Å². The van der Waals surface area contributed by atoms with Crippen LogP contribution in [0.3, 0.4) is 0 Å². The average molecular weight is 184 g/mol. The van der Waals surface area contributed by atoms with Gasteiger partial charge in [-0.3, -0.25) is 0 Å². The van der Waals surface area contributed by atoms with Crippen molar-refractivity contribution >= 4 is 0 Å². The van der Waals surface area contributed by atoms with Gasteiger partial charge in [0.05, 0.1) is 6.10 Å². The van der Waals surface area contributed by atoms with Gasteiger partial charge in [-0.1, -0.05) is 40.0 Å². The van der Waals surface area contributed by atoms with E-state index in [0.717, 1.165) is 6.42 Å². The summed E-state index contributed by atoms with van der Waals surface area (Å²) in [5, 5.41) is 10.0. The van der Waals surface area contributed by atoms with Gasteiger partial charge in [0, 0.05) is 0 Å². The van der Waals surface area contributed by atoms with Crippen molar-refractivity contribution < 1.29 is 5.11 Å². The standard InChI is InChI=1S/C12H24O/c1-4-5-8-11(13)10-7-6-9-12(10,2)3/h10-11,13H,4-9H2,1-3H3. The summed E-state index contributed by atoms with van der Waals surface area (Å²) < 4.78 is 0. The highest BCUT2D eigenvalue weighted by molar-refractivity contribution is 4.88. The fourth-order valence-electron chi connectivity index (χ4n) is 2.68. The molecule has 1 nitrogen and oxygen atoms in total. The van der Waals surface area contributed by atoms with Gasteiger partial charge in [-0.25, -0.2) is 0 Å². The third-order valence-electron chi connectivity index (χ3n) is 3.66. The molecule has 1 aliphatic rings. The maximum atomic E-state index is 10.0. The summed E-state index contributed by atoms with van der Waals surface area (Å²) in [6, 6.07) is 0. The predicted molar refractivity (Wildman–Crippen MR) is 56.7 cm³/mol. The van der Waals surface area contributed by atoms with Gasteiger partial charge in [0.25, 0.3) is 0 Å². The third kappa shape index (κ3) is 2.70. The summed E-state index contributed by atoms with van der Waals surface area (Å²) in [5.41, 5.74) is 0.382. The molecule has 0 saturated heterocycles. The van der Waals surface area contributed by atoms with Gasteiger partial charge in [0.1, 0.15) is 0 Å². The number of rotatable bonds is 4. The van der Waals surface area contributed by atoms with Crippen molar-refractivity contribution in [3.8, 4) is 0 Å². The summed E-state index contributed by atoms with van der Waals surface area (Å²) in [5.74, 6) is 0.555. The maximum Gasteiger partial charge on any atom is 0.0573 e. The Morgan fingerprint density at radius 3 is 2.62 bits per heavy atom. The monoisotopic (exact) mass is 184 g/mol. The van der Waals surface area contributed by atoms with Crippen LogP contribution in [0, 0.1) is 11.3 Å². The Morgan fingerprint density at radius 2 is 2.15 bits per heavy atom. The van der Waals surface area contributed by atoms with E-state index >= 15 is 0 Å². The molecule has 1 saturated carbocycles. The van der Waals surface area contributed by atoms with Crippen molar-refractivity contribution in [2.75, 3.05) is 0 Å². The summed E-state index contributed by atoms with van der Waals surface area (Å²) >= 11 is 0. The Bertz CT molecular complexity index is 151. The lowest BCUT2D eigenvalue weighted by molar-refractivity contribution is 0.0459. The molecule has 0 aromatic rings. The SMILES string of the molecule is CCCCC(O)C1CCCC1(C)C. The average Bonchev–Trinajstić information content (AvgIpc) is 2.41. The van der Waals surface area contributed by atoms with Crippen LogP contribution in [0.2, 0.25) is 0 Å². The van der Waals surface area contributed by atoms with E-state index in [9.17, 15) is 5.11 Å². The second-order valence-corrected chi connectivity index (χ2v) is 5.20.